The second kappa shape index (κ2) is 5.63. The fraction of sp³-hybridized carbons (Fsp3) is 0.714. The van der Waals surface area contributed by atoms with Gasteiger partial charge in [-0.25, -0.2) is 4.79 Å². The molecule has 1 aliphatic carbocycles. The van der Waals surface area contributed by atoms with Crippen molar-refractivity contribution in [3.8, 4) is 0 Å². The number of esters is 1. The van der Waals surface area contributed by atoms with Crippen molar-refractivity contribution in [3.05, 3.63) is 11.4 Å². The van der Waals surface area contributed by atoms with Crippen LogP contribution in [0.5, 0.6) is 0 Å². The molecule has 0 bridgehead atoms. The van der Waals surface area contributed by atoms with Gasteiger partial charge in [-0.05, 0) is 32.1 Å². The van der Waals surface area contributed by atoms with E-state index in [-0.39, 0.29) is 12.1 Å². The molecular weight excluding hydrogens is 242 g/mol. The lowest BCUT2D eigenvalue weighted by molar-refractivity contribution is 0.0129. The van der Waals surface area contributed by atoms with Crippen LogP contribution >= 0.6 is 0 Å². The van der Waals surface area contributed by atoms with Crippen molar-refractivity contribution < 1.29 is 9.53 Å². The Morgan fingerprint density at radius 1 is 1.53 bits per heavy atom. The molecule has 19 heavy (non-hydrogen) atoms. The van der Waals surface area contributed by atoms with E-state index in [1.807, 2.05) is 0 Å². The number of carbonyl (C=O) groups excluding carboxylic acids is 1. The summed E-state index contributed by atoms with van der Waals surface area (Å²) in [5.41, 5.74) is 7.35. The van der Waals surface area contributed by atoms with Gasteiger partial charge in [0, 0.05) is 7.05 Å². The number of nitrogens with two attached hydrogens (primary N) is 1. The highest BCUT2D eigenvalue weighted by Crippen LogP contribution is 2.29. The average Bonchev–Trinajstić information content (AvgIpc) is 2.63. The van der Waals surface area contributed by atoms with Crippen molar-refractivity contribution in [3.63, 3.8) is 0 Å². The predicted octanol–water partition coefficient (Wildman–Crippen LogP) is 2.44. The van der Waals surface area contributed by atoms with Crippen LogP contribution in [0.15, 0.2) is 0 Å². The molecule has 2 atom stereocenters. The molecule has 0 spiro atoms. The van der Waals surface area contributed by atoms with E-state index in [1.54, 1.807) is 14.0 Å². The molecule has 1 aromatic heterocycles. The van der Waals surface area contributed by atoms with Gasteiger partial charge in [-0.2, -0.15) is 5.10 Å². The van der Waals surface area contributed by atoms with E-state index in [0.29, 0.717) is 23.0 Å². The SMILES string of the molecule is CCC1CCCC(OC(=O)c2c(N)c(C)nn2C)C1. The summed E-state index contributed by atoms with van der Waals surface area (Å²) >= 11 is 0. The number of aromatic nitrogens is 2. The topological polar surface area (TPSA) is 70.1 Å². The molecule has 1 aliphatic rings. The molecule has 2 N–H and O–H groups in total. The fourth-order valence-electron chi connectivity index (χ4n) is 2.84. The number of rotatable bonds is 3. The molecule has 2 rings (SSSR count). The fourth-order valence-corrected chi connectivity index (χ4v) is 2.84. The first-order chi connectivity index (χ1) is 9.02. The molecule has 1 saturated carbocycles. The minimum atomic E-state index is -0.345. The summed E-state index contributed by atoms with van der Waals surface area (Å²) in [5, 5.41) is 4.15. The lowest BCUT2D eigenvalue weighted by Crippen LogP contribution is -2.26. The summed E-state index contributed by atoms with van der Waals surface area (Å²) in [4.78, 5) is 12.2. The molecule has 1 aromatic rings. The van der Waals surface area contributed by atoms with Crippen LogP contribution in [0.25, 0.3) is 0 Å². The van der Waals surface area contributed by atoms with E-state index >= 15 is 0 Å². The third-order valence-corrected chi connectivity index (χ3v) is 4.05. The van der Waals surface area contributed by atoms with Gasteiger partial charge in [0.1, 0.15) is 6.10 Å². The molecule has 0 aromatic carbocycles. The second-order valence-electron chi connectivity index (χ2n) is 5.44. The van der Waals surface area contributed by atoms with Gasteiger partial charge < -0.3 is 10.5 Å². The maximum atomic E-state index is 12.2. The van der Waals surface area contributed by atoms with Crippen molar-refractivity contribution in [2.24, 2.45) is 13.0 Å². The maximum absolute atomic E-state index is 12.2. The number of ether oxygens (including phenoxy) is 1. The van der Waals surface area contributed by atoms with Gasteiger partial charge in [0.25, 0.3) is 0 Å². The Hall–Kier alpha value is -1.52. The van der Waals surface area contributed by atoms with Gasteiger partial charge in [-0.1, -0.05) is 19.8 Å². The van der Waals surface area contributed by atoms with Gasteiger partial charge in [0.05, 0.1) is 11.4 Å². The van der Waals surface area contributed by atoms with E-state index in [9.17, 15) is 4.79 Å². The number of hydrogen-bond acceptors (Lipinski definition) is 4. The Morgan fingerprint density at radius 2 is 2.26 bits per heavy atom. The van der Waals surface area contributed by atoms with E-state index in [4.69, 9.17) is 10.5 Å². The Labute approximate surface area is 114 Å². The molecule has 5 heteroatoms. The Morgan fingerprint density at radius 3 is 2.84 bits per heavy atom. The zero-order chi connectivity index (χ0) is 14.0. The normalized spacial score (nSPS) is 23.3. The van der Waals surface area contributed by atoms with E-state index in [2.05, 4.69) is 12.0 Å². The molecule has 1 heterocycles. The van der Waals surface area contributed by atoms with E-state index in [1.165, 1.54) is 11.1 Å². The first kappa shape index (κ1) is 13.9. The number of anilines is 1. The highest BCUT2D eigenvalue weighted by atomic mass is 16.5. The van der Waals surface area contributed by atoms with Gasteiger partial charge in [0.2, 0.25) is 0 Å². The number of nitrogen functional groups attached to an aromatic ring is 1. The Balaban J connectivity index is 2.04. The first-order valence-electron chi connectivity index (χ1n) is 7.03. The minimum Gasteiger partial charge on any atom is -0.458 e. The molecule has 0 amide bonds. The molecule has 2 unspecified atom stereocenters. The van der Waals surface area contributed by atoms with Crippen LogP contribution in [-0.4, -0.2) is 21.9 Å². The highest BCUT2D eigenvalue weighted by molar-refractivity contribution is 5.93. The quantitative estimate of drug-likeness (QED) is 0.852. The van der Waals surface area contributed by atoms with Gasteiger partial charge in [0.15, 0.2) is 5.69 Å². The van der Waals surface area contributed by atoms with Crippen LogP contribution < -0.4 is 5.73 Å². The molecule has 1 fully saturated rings. The summed E-state index contributed by atoms with van der Waals surface area (Å²) in [6.07, 6.45) is 5.49. The molecule has 0 saturated heterocycles. The smallest absolute Gasteiger partial charge is 0.359 e. The van der Waals surface area contributed by atoms with Crippen LogP contribution in [0.1, 0.15) is 55.2 Å². The molecule has 0 aliphatic heterocycles. The van der Waals surface area contributed by atoms with Crippen LogP contribution in [0.2, 0.25) is 0 Å². The van der Waals surface area contributed by atoms with Crippen molar-refractivity contribution in [1.82, 2.24) is 9.78 Å². The van der Waals surface area contributed by atoms with Crippen LogP contribution in [0, 0.1) is 12.8 Å². The molecule has 5 nitrogen and oxygen atoms in total. The molecular formula is C14H23N3O2. The Kier molecular flexibility index (Phi) is 4.12. The van der Waals surface area contributed by atoms with Gasteiger partial charge in [-0.15, -0.1) is 0 Å². The zero-order valence-electron chi connectivity index (χ0n) is 12.0. The lowest BCUT2D eigenvalue weighted by Gasteiger charge is -2.28. The largest absolute Gasteiger partial charge is 0.458 e. The van der Waals surface area contributed by atoms with Crippen molar-refractivity contribution in [2.45, 2.75) is 52.1 Å². The molecule has 106 valence electrons. The second-order valence-corrected chi connectivity index (χ2v) is 5.44. The van der Waals surface area contributed by atoms with Crippen molar-refractivity contribution in [2.75, 3.05) is 5.73 Å². The highest BCUT2D eigenvalue weighted by Gasteiger charge is 2.27. The summed E-state index contributed by atoms with van der Waals surface area (Å²) in [5.74, 6) is 0.333. The number of hydrogen-bond donors (Lipinski definition) is 1. The molecule has 0 radical (unpaired) electrons. The summed E-state index contributed by atoms with van der Waals surface area (Å²) in [6.45, 7) is 3.98. The van der Waals surface area contributed by atoms with Gasteiger partial charge in [-0.3, -0.25) is 4.68 Å². The third kappa shape index (κ3) is 2.91. The van der Waals surface area contributed by atoms with E-state index in [0.717, 1.165) is 25.7 Å². The summed E-state index contributed by atoms with van der Waals surface area (Å²) < 4.78 is 7.11. The minimum absolute atomic E-state index is 0.0285. The first-order valence-corrected chi connectivity index (χ1v) is 7.03. The van der Waals surface area contributed by atoms with E-state index < -0.39 is 0 Å². The van der Waals surface area contributed by atoms with Crippen LogP contribution in [0.4, 0.5) is 5.69 Å². The monoisotopic (exact) mass is 265 g/mol. The third-order valence-electron chi connectivity index (χ3n) is 4.05. The number of nitrogens with zero attached hydrogens (tertiary/aromatic N) is 2. The summed E-state index contributed by atoms with van der Waals surface area (Å²) in [7, 11) is 1.72. The number of carbonyl (C=O) groups is 1. The zero-order valence-corrected chi connectivity index (χ0v) is 12.0. The van der Waals surface area contributed by atoms with Crippen LogP contribution in [0.3, 0.4) is 0 Å². The van der Waals surface area contributed by atoms with Crippen LogP contribution in [-0.2, 0) is 11.8 Å². The van der Waals surface area contributed by atoms with Crippen molar-refractivity contribution >= 4 is 11.7 Å². The number of aryl methyl sites for hydroxylation is 2. The van der Waals surface area contributed by atoms with Crippen molar-refractivity contribution in [1.29, 1.82) is 0 Å². The standard InChI is InChI=1S/C14H23N3O2/c1-4-10-6-5-7-11(8-10)19-14(18)13-12(15)9(2)16-17(13)3/h10-11H,4-8,15H2,1-3H3. The Bertz CT molecular complexity index is 468. The average molecular weight is 265 g/mol. The van der Waals surface area contributed by atoms with Gasteiger partial charge >= 0.3 is 5.97 Å². The maximum Gasteiger partial charge on any atom is 0.359 e. The lowest BCUT2D eigenvalue weighted by atomic mass is 9.85. The predicted molar refractivity (Wildman–Crippen MR) is 73.8 cm³/mol. The summed E-state index contributed by atoms with van der Waals surface area (Å²) in [6, 6.07) is 0.